The second-order valence-corrected chi connectivity index (χ2v) is 7.81. The molecule has 2 aliphatic rings. The summed E-state index contributed by atoms with van der Waals surface area (Å²) in [6.45, 7) is 4.17. The smallest absolute Gasteiger partial charge is 0.325 e. The lowest BCUT2D eigenvalue weighted by atomic mass is 9.98. The minimum atomic E-state index is -0.685. The summed E-state index contributed by atoms with van der Waals surface area (Å²) in [6.07, 6.45) is 4.04. The van der Waals surface area contributed by atoms with Gasteiger partial charge in [0, 0.05) is 18.5 Å². The lowest BCUT2D eigenvalue weighted by Crippen LogP contribution is -2.44. The molecule has 0 bridgehead atoms. The zero-order chi connectivity index (χ0) is 20.3. The molecule has 1 saturated carbocycles. The SMILES string of the molecule is COc1ccc(C)cc1[C@H](C)NC(=O)CCCN1C(=O)NC2(CCCC2)C1=O. The first-order valence-electron chi connectivity index (χ1n) is 9.94. The maximum absolute atomic E-state index is 12.6. The molecule has 28 heavy (non-hydrogen) atoms. The summed E-state index contributed by atoms with van der Waals surface area (Å²) in [6, 6.07) is 5.33. The van der Waals surface area contributed by atoms with Crippen molar-refractivity contribution in [3.05, 3.63) is 29.3 Å². The summed E-state index contributed by atoms with van der Waals surface area (Å²) in [5.41, 5.74) is 1.33. The number of benzene rings is 1. The molecule has 1 aliphatic heterocycles. The van der Waals surface area contributed by atoms with E-state index in [1.165, 1.54) is 4.90 Å². The van der Waals surface area contributed by atoms with E-state index in [0.29, 0.717) is 19.3 Å². The zero-order valence-electron chi connectivity index (χ0n) is 16.8. The molecule has 0 radical (unpaired) electrons. The van der Waals surface area contributed by atoms with Gasteiger partial charge < -0.3 is 15.4 Å². The van der Waals surface area contributed by atoms with E-state index in [0.717, 1.165) is 29.7 Å². The number of hydrogen-bond acceptors (Lipinski definition) is 4. The number of amides is 4. The summed E-state index contributed by atoms with van der Waals surface area (Å²) in [5.74, 6) is 0.492. The van der Waals surface area contributed by atoms with Crippen molar-refractivity contribution in [2.75, 3.05) is 13.7 Å². The second-order valence-electron chi connectivity index (χ2n) is 7.81. The quantitative estimate of drug-likeness (QED) is 0.704. The lowest BCUT2D eigenvalue weighted by Gasteiger charge is -2.20. The molecule has 1 atom stereocenters. The first-order chi connectivity index (χ1) is 13.4. The van der Waals surface area contributed by atoms with Gasteiger partial charge in [-0.1, -0.05) is 30.5 Å². The van der Waals surface area contributed by atoms with Crippen LogP contribution in [0.5, 0.6) is 5.75 Å². The average molecular weight is 387 g/mol. The van der Waals surface area contributed by atoms with Gasteiger partial charge in [0.25, 0.3) is 5.91 Å². The number of carbonyl (C=O) groups is 3. The predicted molar refractivity (Wildman–Crippen MR) is 105 cm³/mol. The van der Waals surface area contributed by atoms with Crippen LogP contribution in [0.15, 0.2) is 18.2 Å². The van der Waals surface area contributed by atoms with Gasteiger partial charge in [0.15, 0.2) is 0 Å². The van der Waals surface area contributed by atoms with Gasteiger partial charge in [-0.2, -0.15) is 0 Å². The maximum atomic E-state index is 12.6. The minimum Gasteiger partial charge on any atom is -0.496 e. The third kappa shape index (κ3) is 3.98. The van der Waals surface area contributed by atoms with Gasteiger partial charge in [0.1, 0.15) is 11.3 Å². The molecule has 1 saturated heterocycles. The summed E-state index contributed by atoms with van der Waals surface area (Å²) in [7, 11) is 1.61. The van der Waals surface area contributed by atoms with Crippen LogP contribution in [0.4, 0.5) is 4.79 Å². The van der Waals surface area contributed by atoms with Crippen LogP contribution < -0.4 is 15.4 Å². The molecule has 3 rings (SSSR count). The molecule has 0 aromatic heterocycles. The summed E-state index contributed by atoms with van der Waals surface area (Å²) < 4.78 is 5.38. The Morgan fingerprint density at radius 3 is 2.71 bits per heavy atom. The van der Waals surface area contributed by atoms with Crippen molar-refractivity contribution in [2.45, 2.75) is 64.0 Å². The second kappa shape index (κ2) is 8.20. The van der Waals surface area contributed by atoms with E-state index in [1.807, 2.05) is 32.0 Å². The highest BCUT2D eigenvalue weighted by atomic mass is 16.5. The Labute approximate surface area is 165 Å². The van der Waals surface area contributed by atoms with E-state index < -0.39 is 5.54 Å². The Balaban J connectivity index is 1.50. The number of carbonyl (C=O) groups excluding carboxylic acids is 3. The highest BCUT2D eigenvalue weighted by Gasteiger charge is 2.52. The van der Waals surface area contributed by atoms with Crippen molar-refractivity contribution in [3.63, 3.8) is 0 Å². The summed E-state index contributed by atoms with van der Waals surface area (Å²) in [5, 5.41) is 5.83. The van der Waals surface area contributed by atoms with Gasteiger partial charge >= 0.3 is 6.03 Å². The highest BCUT2D eigenvalue weighted by Crippen LogP contribution is 2.35. The maximum Gasteiger partial charge on any atom is 0.325 e. The Bertz CT molecular complexity index is 771. The monoisotopic (exact) mass is 387 g/mol. The van der Waals surface area contributed by atoms with Crippen molar-refractivity contribution in [3.8, 4) is 5.75 Å². The number of aryl methyl sites for hydroxylation is 1. The van der Waals surface area contributed by atoms with Crippen molar-refractivity contribution < 1.29 is 19.1 Å². The van der Waals surface area contributed by atoms with Crippen LogP contribution in [0.3, 0.4) is 0 Å². The lowest BCUT2D eigenvalue weighted by molar-refractivity contribution is -0.131. The van der Waals surface area contributed by atoms with Crippen molar-refractivity contribution in [2.24, 2.45) is 0 Å². The van der Waals surface area contributed by atoms with Crippen LogP contribution in [-0.2, 0) is 9.59 Å². The van der Waals surface area contributed by atoms with E-state index >= 15 is 0 Å². The number of nitrogens with zero attached hydrogens (tertiary/aromatic N) is 1. The molecule has 1 aliphatic carbocycles. The fourth-order valence-electron chi connectivity index (χ4n) is 4.18. The molecule has 1 spiro atoms. The fraction of sp³-hybridized carbons (Fsp3) is 0.571. The number of ether oxygens (including phenoxy) is 1. The van der Waals surface area contributed by atoms with Crippen LogP contribution in [-0.4, -0.2) is 41.9 Å². The molecular weight excluding hydrogens is 358 g/mol. The largest absolute Gasteiger partial charge is 0.496 e. The summed E-state index contributed by atoms with van der Waals surface area (Å²) >= 11 is 0. The Morgan fingerprint density at radius 1 is 1.32 bits per heavy atom. The molecule has 1 aromatic rings. The van der Waals surface area contributed by atoms with Gasteiger partial charge in [-0.05, 0) is 39.2 Å². The normalized spacial score (nSPS) is 19.0. The number of imide groups is 1. The number of rotatable bonds is 7. The molecule has 7 nitrogen and oxygen atoms in total. The highest BCUT2D eigenvalue weighted by molar-refractivity contribution is 6.07. The van der Waals surface area contributed by atoms with Crippen LogP contribution in [0.25, 0.3) is 0 Å². The standard InChI is InChI=1S/C21H29N3O4/c1-14-8-9-17(28-3)16(13-14)15(2)22-18(25)7-6-12-24-19(26)21(23-20(24)27)10-4-5-11-21/h8-9,13,15H,4-7,10-12H2,1-3H3,(H,22,25)(H,23,27)/t15-/m0/s1. The third-order valence-corrected chi connectivity index (χ3v) is 5.72. The van der Waals surface area contributed by atoms with E-state index in [9.17, 15) is 14.4 Å². The van der Waals surface area contributed by atoms with Crippen LogP contribution in [0, 0.1) is 6.92 Å². The zero-order valence-corrected chi connectivity index (χ0v) is 16.8. The van der Waals surface area contributed by atoms with Crippen molar-refractivity contribution >= 4 is 17.8 Å². The van der Waals surface area contributed by atoms with Crippen LogP contribution >= 0.6 is 0 Å². The van der Waals surface area contributed by atoms with Gasteiger partial charge in [-0.25, -0.2) is 4.79 Å². The molecule has 4 amide bonds. The van der Waals surface area contributed by atoms with Gasteiger partial charge in [-0.15, -0.1) is 0 Å². The van der Waals surface area contributed by atoms with Crippen LogP contribution in [0.2, 0.25) is 0 Å². The molecule has 1 heterocycles. The number of hydrogen-bond donors (Lipinski definition) is 2. The van der Waals surface area contributed by atoms with Gasteiger partial charge in [0.2, 0.25) is 5.91 Å². The number of nitrogens with one attached hydrogen (secondary N) is 2. The van der Waals surface area contributed by atoms with E-state index in [2.05, 4.69) is 10.6 Å². The summed E-state index contributed by atoms with van der Waals surface area (Å²) in [4.78, 5) is 38.4. The molecule has 2 fully saturated rings. The molecule has 152 valence electrons. The molecule has 7 heteroatoms. The average Bonchev–Trinajstić information content (AvgIpc) is 3.22. The van der Waals surface area contributed by atoms with Crippen LogP contribution in [0.1, 0.15) is 62.6 Å². The van der Waals surface area contributed by atoms with E-state index in [-0.39, 0.29) is 36.9 Å². The topological polar surface area (TPSA) is 87.7 Å². The molecular formula is C21H29N3O4. The molecule has 1 aromatic carbocycles. The predicted octanol–water partition coefficient (Wildman–Crippen LogP) is 2.83. The fourth-order valence-corrected chi connectivity index (χ4v) is 4.18. The number of methoxy groups -OCH3 is 1. The first-order valence-corrected chi connectivity index (χ1v) is 9.94. The third-order valence-electron chi connectivity index (χ3n) is 5.72. The van der Waals surface area contributed by atoms with Gasteiger partial charge in [-0.3, -0.25) is 14.5 Å². The molecule has 2 N–H and O–H groups in total. The minimum absolute atomic E-state index is 0.112. The Kier molecular flexibility index (Phi) is 5.91. The van der Waals surface area contributed by atoms with Crippen molar-refractivity contribution in [1.29, 1.82) is 0 Å². The van der Waals surface area contributed by atoms with Gasteiger partial charge in [0.05, 0.1) is 13.2 Å². The molecule has 0 unspecified atom stereocenters. The first kappa shape index (κ1) is 20.2. The van der Waals surface area contributed by atoms with E-state index in [4.69, 9.17) is 4.74 Å². The number of urea groups is 1. The van der Waals surface area contributed by atoms with Crippen molar-refractivity contribution in [1.82, 2.24) is 15.5 Å². The van der Waals surface area contributed by atoms with E-state index in [1.54, 1.807) is 7.11 Å². The Morgan fingerprint density at radius 2 is 2.04 bits per heavy atom. The Hall–Kier alpha value is -2.57.